The molecule has 7 rings (SSSR count). The van der Waals surface area contributed by atoms with Crippen LogP contribution in [-0.2, 0) is 85.1 Å². The standard InChI is InChI=1S/C52H60BO11P/c1-4-30-57-48-46(64-53(2)65)44(37-56-32-39-22-12-6-13-23-39)61-51(54-3)50(48)63-52-49(60-35-42-28-18-9-19-29-42)47(59-34-41-26-16-8-17-27-41)45(58-33-40-24-14-7-15-25-40)43(62-52)36-55-31-38-20-10-5-11-21-38/h5-29,43-46,51-52H,4,30-37,65H2,1-3H3. The maximum absolute atomic E-state index is 7.05. The van der Waals surface area contributed by atoms with Crippen LogP contribution < -0.4 is 0 Å². The van der Waals surface area contributed by atoms with Gasteiger partial charge in [-0.05, 0) is 34.2 Å². The summed E-state index contributed by atoms with van der Waals surface area (Å²) in [5.74, 6) is 1.33. The third kappa shape index (κ3) is 14.2. The zero-order chi connectivity index (χ0) is 45.1. The number of hydrogen-bond acceptors (Lipinski definition) is 11. The Kier molecular flexibility index (Phi) is 18.9. The Morgan fingerprint density at radius 1 is 0.492 bits per heavy atom. The van der Waals surface area contributed by atoms with Crippen LogP contribution in [0, 0.1) is 0 Å². The number of ether oxygens (including phenoxy) is 10. The molecular formula is C52H60BO11P. The van der Waals surface area contributed by atoms with Crippen molar-refractivity contribution in [2.24, 2.45) is 0 Å². The average Bonchev–Trinajstić information content (AvgIpc) is 3.34. The molecule has 2 aliphatic rings. The van der Waals surface area contributed by atoms with Crippen LogP contribution in [0.4, 0.5) is 0 Å². The highest BCUT2D eigenvalue weighted by molar-refractivity contribution is 7.60. The molecule has 0 bridgehead atoms. The largest absolute Gasteiger partial charge is 0.491 e. The lowest BCUT2D eigenvalue weighted by molar-refractivity contribution is -0.254. The van der Waals surface area contributed by atoms with Gasteiger partial charge in [-0.2, -0.15) is 0 Å². The summed E-state index contributed by atoms with van der Waals surface area (Å²) in [7, 11) is 4.25. The smallest absolute Gasteiger partial charge is 0.312 e. The summed E-state index contributed by atoms with van der Waals surface area (Å²) in [6, 6.07) is 49.8. The van der Waals surface area contributed by atoms with Crippen molar-refractivity contribution in [2.75, 3.05) is 26.9 Å². The third-order valence-corrected chi connectivity index (χ3v) is 10.7. The summed E-state index contributed by atoms with van der Waals surface area (Å²) in [6.07, 6.45) is -4.44. The van der Waals surface area contributed by atoms with Gasteiger partial charge >= 0.3 is 6.64 Å². The zero-order valence-electron chi connectivity index (χ0n) is 37.4. The fraction of sp³-hybridized carbons (Fsp3) is 0.346. The zero-order valence-corrected chi connectivity index (χ0v) is 38.6. The number of hydrogen-bond donors (Lipinski definition) is 0. The maximum atomic E-state index is 7.05. The van der Waals surface area contributed by atoms with E-state index < -0.39 is 37.0 Å². The van der Waals surface area contributed by atoms with E-state index >= 15 is 0 Å². The monoisotopic (exact) mass is 902 g/mol. The van der Waals surface area contributed by atoms with E-state index in [0.29, 0.717) is 31.3 Å². The van der Waals surface area contributed by atoms with E-state index in [4.69, 9.17) is 52.0 Å². The SMILES string of the molecule is CCCOC1=C(OC2OC(COCc3ccccc3)C(OCc3ccccc3)C(OCc3ccccc3)=C2OCc2ccccc2)C(OC)OC(COCc2ccccc2)C1OB(C)P. The van der Waals surface area contributed by atoms with Crippen LogP contribution in [0.1, 0.15) is 41.2 Å². The normalized spacial score (nSPS) is 20.9. The maximum Gasteiger partial charge on any atom is 0.312 e. The van der Waals surface area contributed by atoms with Crippen LogP contribution in [0.15, 0.2) is 175 Å². The quantitative estimate of drug-likeness (QED) is 0.0414. The lowest BCUT2D eigenvalue weighted by Gasteiger charge is -2.42. The third-order valence-electron chi connectivity index (χ3n) is 10.5. The van der Waals surface area contributed by atoms with E-state index in [2.05, 4.69) is 9.12 Å². The minimum atomic E-state index is -1.22. The molecule has 65 heavy (non-hydrogen) atoms. The van der Waals surface area contributed by atoms with Crippen molar-refractivity contribution in [1.29, 1.82) is 0 Å². The minimum Gasteiger partial charge on any atom is -0.491 e. The molecule has 0 fully saturated rings. The van der Waals surface area contributed by atoms with Crippen molar-refractivity contribution in [3.05, 3.63) is 203 Å². The topological polar surface area (TPSA) is 102 Å². The Labute approximate surface area is 386 Å². The highest BCUT2D eigenvalue weighted by Gasteiger charge is 2.48. The van der Waals surface area contributed by atoms with Crippen molar-refractivity contribution < 1.29 is 52.0 Å². The van der Waals surface area contributed by atoms with Crippen LogP contribution in [0.5, 0.6) is 0 Å². The van der Waals surface area contributed by atoms with Gasteiger partial charge in [-0.25, -0.2) is 0 Å². The minimum absolute atomic E-state index is 0.123. The van der Waals surface area contributed by atoms with E-state index in [9.17, 15) is 0 Å². The van der Waals surface area contributed by atoms with Gasteiger partial charge in [0.15, 0.2) is 17.3 Å². The fourth-order valence-corrected chi connectivity index (χ4v) is 7.52. The van der Waals surface area contributed by atoms with Gasteiger partial charge in [0.1, 0.15) is 37.6 Å². The Hall–Kier alpha value is -5.01. The lowest BCUT2D eigenvalue weighted by atomic mass is 10.0. The van der Waals surface area contributed by atoms with Gasteiger partial charge in [-0.1, -0.05) is 165 Å². The van der Waals surface area contributed by atoms with E-state index in [1.165, 1.54) is 0 Å². The number of rotatable bonds is 25. The molecule has 13 heteroatoms. The van der Waals surface area contributed by atoms with Gasteiger partial charge in [0.05, 0.1) is 39.6 Å². The molecule has 5 aromatic carbocycles. The van der Waals surface area contributed by atoms with Crippen molar-refractivity contribution in [2.45, 2.75) is 90.2 Å². The summed E-state index contributed by atoms with van der Waals surface area (Å²) >= 11 is 0. The molecule has 7 atom stereocenters. The summed E-state index contributed by atoms with van der Waals surface area (Å²) in [5.41, 5.74) is 4.91. The molecule has 0 N–H and O–H groups in total. The Morgan fingerprint density at radius 3 is 1.37 bits per heavy atom. The molecule has 11 nitrogen and oxygen atoms in total. The summed E-state index contributed by atoms with van der Waals surface area (Å²) in [4.78, 5) is 0. The molecule has 2 aliphatic heterocycles. The van der Waals surface area contributed by atoms with E-state index in [0.717, 1.165) is 34.2 Å². The van der Waals surface area contributed by atoms with Crippen molar-refractivity contribution in [1.82, 2.24) is 0 Å². The molecular weight excluding hydrogens is 842 g/mol. The molecule has 7 unspecified atom stereocenters. The molecule has 0 saturated heterocycles. The van der Waals surface area contributed by atoms with E-state index in [-0.39, 0.29) is 51.2 Å². The Morgan fingerprint density at radius 2 is 0.908 bits per heavy atom. The first-order valence-corrected chi connectivity index (χ1v) is 22.9. The van der Waals surface area contributed by atoms with Gasteiger partial charge in [-0.15, -0.1) is 9.12 Å². The summed E-state index contributed by atoms with van der Waals surface area (Å²) in [6.45, 7) is 5.75. The molecule has 5 aromatic rings. The summed E-state index contributed by atoms with van der Waals surface area (Å²) < 4.78 is 73.1. The predicted octanol–water partition coefficient (Wildman–Crippen LogP) is 9.78. The highest BCUT2D eigenvalue weighted by atomic mass is 31.0. The van der Waals surface area contributed by atoms with E-state index in [1.807, 2.05) is 165 Å². The first kappa shape index (κ1) is 47.9. The van der Waals surface area contributed by atoms with Crippen LogP contribution >= 0.6 is 9.12 Å². The van der Waals surface area contributed by atoms with Crippen LogP contribution in [-0.4, -0.2) is 70.6 Å². The van der Waals surface area contributed by atoms with Gasteiger partial charge in [0, 0.05) is 7.11 Å². The summed E-state index contributed by atoms with van der Waals surface area (Å²) in [5, 5.41) is 0. The van der Waals surface area contributed by atoms with Crippen LogP contribution in [0.2, 0.25) is 6.82 Å². The van der Waals surface area contributed by atoms with Crippen molar-refractivity contribution in [3.63, 3.8) is 0 Å². The van der Waals surface area contributed by atoms with Gasteiger partial charge in [0.25, 0.3) is 6.29 Å². The molecule has 0 amide bonds. The predicted molar refractivity (Wildman–Crippen MR) is 252 cm³/mol. The first-order valence-electron chi connectivity index (χ1n) is 22.2. The molecule has 0 saturated carbocycles. The second kappa shape index (κ2) is 25.6. The molecule has 0 aromatic heterocycles. The first-order chi connectivity index (χ1) is 32.0. The molecule has 0 radical (unpaired) electrons. The Bertz CT molecular complexity index is 2180. The second-order valence-electron chi connectivity index (χ2n) is 15.7. The number of methoxy groups -OCH3 is 1. The van der Waals surface area contributed by atoms with E-state index in [1.54, 1.807) is 7.11 Å². The van der Waals surface area contributed by atoms with Gasteiger partial charge in [0.2, 0.25) is 12.0 Å². The van der Waals surface area contributed by atoms with Crippen LogP contribution in [0.3, 0.4) is 0 Å². The highest BCUT2D eigenvalue weighted by Crippen LogP contribution is 2.38. The Balaban J connectivity index is 1.30. The van der Waals surface area contributed by atoms with Crippen molar-refractivity contribution in [3.8, 4) is 0 Å². The van der Waals surface area contributed by atoms with Gasteiger partial charge < -0.3 is 52.0 Å². The molecule has 0 spiro atoms. The lowest BCUT2D eigenvalue weighted by Crippen LogP contribution is -2.50. The van der Waals surface area contributed by atoms with Gasteiger partial charge in [-0.3, -0.25) is 0 Å². The molecule has 0 aliphatic carbocycles. The molecule has 2 heterocycles. The van der Waals surface area contributed by atoms with Crippen LogP contribution in [0.25, 0.3) is 0 Å². The average molecular weight is 903 g/mol. The number of benzene rings is 5. The molecule has 342 valence electrons. The van der Waals surface area contributed by atoms with Crippen molar-refractivity contribution >= 4 is 15.8 Å². The fourth-order valence-electron chi connectivity index (χ4n) is 7.35. The second-order valence-corrected chi connectivity index (χ2v) is 16.6.